The minimum absolute atomic E-state index is 0.0686. The van der Waals surface area contributed by atoms with Gasteiger partial charge in [0.15, 0.2) is 5.78 Å². The Hall–Kier alpha value is -0.760. The zero-order chi connectivity index (χ0) is 18.9. The van der Waals surface area contributed by atoms with Crippen LogP contribution in [0.25, 0.3) is 0 Å². The highest BCUT2D eigenvalue weighted by Crippen LogP contribution is 2.65. The summed E-state index contributed by atoms with van der Waals surface area (Å²) in [5.41, 5.74) is 0.417. The van der Waals surface area contributed by atoms with Crippen LogP contribution in [-0.4, -0.2) is 36.1 Å². The molecule has 0 amide bonds. The lowest BCUT2D eigenvalue weighted by Crippen LogP contribution is -2.58. The first-order chi connectivity index (χ1) is 12.0. The molecule has 6 nitrogen and oxygen atoms in total. The first-order valence-corrected chi connectivity index (χ1v) is 11.0. The molecule has 3 saturated carbocycles. The molecule has 2 N–H and O–H groups in total. The first-order valence-electron chi connectivity index (χ1n) is 9.62. The van der Waals surface area contributed by atoms with Gasteiger partial charge in [0.2, 0.25) is 0 Å². The molecule has 7 heteroatoms. The van der Waals surface area contributed by atoms with Crippen LogP contribution in [0.5, 0.6) is 0 Å². The van der Waals surface area contributed by atoms with E-state index in [1.807, 2.05) is 6.92 Å². The highest BCUT2D eigenvalue weighted by Gasteiger charge is 2.63. The number of aliphatic hydroxyl groups excluding tert-OH is 1. The van der Waals surface area contributed by atoms with Gasteiger partial charge in [-0.3, -0.25) is 9.35 Å². The normalized spacial score (nSPS) is 48.4. The number of rotatable bonds is 2. The molecular weight excluding hydrogens is 356 g/mol. The van der Waals surface area contributed by atoms with Crippen molar-refractivity contribution in [3.63, 3.8) is 0 Å². The maximum atomic E-state index is 11.9. The maximum absolute atomic E-state index is 11.9. The van der Waals surface area contributed by atoms with E-state index in [-0.39, 0.29) is 23.0 Å². The molecule has 0 aliphatic heterocycles. The summed E-state index contributed by atoms with van der Waals surface area (Å²) < 4.78 is 37.7. The Morgan fingerprint density at radius 2 is 1.92 bits per heavy atom. The summed E-state index contributed by atoms with van der Waals surface area (Å²) in [5.74, 6) is 0.619. The van der Waals surface area contributed by atoms with Crippen LogP contribution in [0, 0.1) is 28.6 Å². The lowest BCUT2D eigenvalue weighted by Gasteiger charge is -2.59. The van der Waals surface area contributed by atoms with E-state index in [1.165, 1.54) is 0 Å². The third-order valence-electron chi connectivity index (χ3n) is 8.07. The summed E-state index contributed by atoms with van der Waals surface area (Å²) >= 11 is 0. The average molecular weight is 384 g/mol. The van der Waals surface area contributed by atoms with Crippen LogP contribution in [0.2, 0.25) is 0 Å². The lowest BCUT2D eigenvalue weighted by atomic mass is 9.46. The van der Waals surface area contributed by atoms with Crippen LogP contribution in [0.15, 0.2) is 11.6 Å². The van der Waals surface area contributed by atoms with E-state index in [2.05, 4.69) is 6.92 Å². The predicted octanol–water partition coefficient (Wildman–Crippen LogP) is 2.68. The molecule has 0 heterocycles. The monoisotopic (exact) mass is 384 g/mol. The van der Waals surface area contributed by atoms with E-state index in [4.69, 9.17) is 4.18 Å². The Labute approximate surface area is 155 Å². The smallest absolute Gasteiger partial charge is 0.393 e. The van der Waals surface area contributed by atoms with E-state index in [1.54, 1.807) is 6.08 Å². The molecule has 0 unspecified atom stereocenters. The molecule has 0 spiro atoms. The second-order valence-corrected chi connectivity index (χ2v) is 10.3. The summed E-state index contributed by atoms with van der Waals surface area (Å²) in [6, 6.07) is 0. The quantitative estimate of drug-likeness (QED) is 0.710. The summed E-state index contributed by atoms with van der Waals surface area (Å²) in [4.78, 5) is 11.9. The molecular formula is C19H28O6S. The zero-order valence-electron chi connectivity index (χ0n) is 15.3. The van der Waals surface area contributed by atoms with E-state index >= 15 is 0 Å². The van der Waals surface area contributed by atoms with Gasteiger partial charge in [0.05, 0.1) is 12.2 Å². The average Bonchev–Trinajstić information content (AvgIpc) is 2.81. The lowest BCUT2D eigenvalue weighted by molar-refractivity contribution is -0.135. The summed E-state index contributed by atoms with van der Waals surface area (Å²) in [6.45, 7) is 4.15. The van der Waals surface area contributed by atoms with Gasteiger partial charge in [0.1, 0.15) is 0 Å². The van der Waals surface area contributed by atoms with Gasteiger partial charge < -0.3 is 5.11 Å². The van der Waals surface area contributed by atoms with Crippen molar-refractivity contribution in [3.05, 3.63) is 11.6 Å². The second kappa shape index (κ2) is 5.87. The van der Waals surface area contributed by atoms with E-state index in [0.29, 0.717) is 25.2 Å². The third-order valence-corrected chi connectivity index (χ3v) is 8.56. The molecule has 4 rings (SSSR count). The van der Waals surface area contributed by atoms with E-state index in [0.717, 1.165) is 31.3 Å². The molecule has 0 bridgehead atoms. The molecule has 0 aromatic rings. The Morgan fingerprint density at radius 3 is 2.62 bits per heavy atom. The van der Waals surface area contributed by atoms with Crippen molar-refractivity contribution >= 4 is 16.2 Å². The van der Waals surface area contributed by atoms with Crippen LogP contribution >= 0.6 is 0 Å². The van der Waals surface area contributed by atoms with Crippen molar-refractivity contribution in [1.82, 2.24) is 0 Å². The number of allylic oxidation sites excluding steroid dienone is 1. The second-order valence-electron chi connectivity index (χ2n) is 9.25. The van der Waals surface area contributed by atoms with Gasteiger partial charge >= 0.3 is 10.4 Å². The van der Waals surface area contributed by atoms with Crippen LogP contribution in [0.3, 0.4) is 0 Å². The molecule has 0 aromatic heterocycles. The van der Waals surface area contributed by atoms with Gasteiger partial charge in [0, 0.05) is 6.42 Å². The minimum atomic E-state index is -4.59. The van der Waals surface area contributed by atoms with Gasteiger partial charge in [-0.15, -0.1) is 0 Å². The largest absolute Gasteiger partial charge is 0.397 e. The number of ketones is 1. The maximum Gasteiger partial charge on any atom is 0.397 e. The van der Waals surface area contributed by atoms with Crippen LogP contribution in [0.4, 0.5) is 0 Å². The van der Waals surface area contributed by atoms with Crippen molar-refractivity contribution in [2.24, 2.45) is 28.6 Å². The Balaban J connectivity index is 1.79. The van der Waals surface area contributed by atoms with Crippen LogP contribution in [-0.2, 0) is 19.4 Å². The zero-order valence-corrected chi connectivity index (χ0v) is 16.2. The molecule has 0 saturated heterocycles. The molecule has 0 radical (unpaired) electrons. The Morgan fingerprint density at radius 1 is 1.19 bits per heavy atom. The number of carbonyl (C=O) groups is 1. The fraction of sp³-hybridized carbons (Fsp3) is 0.842. The predicted molar refractivity (Wildman–Crippen MR) is 94.5 cm³/mol. The molecule has 146 valence electrons. The molecule has 7 atom stereocenters. The fourth-order valence-corrected chi connectivity index (χ4v) is 7.37. The fourth-order valence-electron chi connectivity index (χ4n) is 6.87. The van der Waals surface area contributed by atoms with Gasteiger partial charge in [-0.1, -0.05) is 19.4 Å². The SMILES string of the molecule is C[C@]12C[C@H](OS(=O)(=O)O)[C@H]3[C@@H](CCC4=CC(=O)CC[C@@]43C)[C@@H]1CC[C@@H]2O. The van der Waals surface area contributed by atoms with Crippen LogP contribution in [0.1, 0.15) is 58.8 Å². The summed E-state index contributed by atoms with van der Waals surface area (Å²) in [5, 5.41) is 10.6. The standard InChI is InChI=1S/C19H28O6S/c1-18-8-7-12(20)9-11(18)3-4-13-14-5-6-16(21)19(14,2)10-15(17(13)18)25-26(22,23)24/h9,13-17,21H,3-8,10H2,1-2H3,(H,22,23,24)/t13-,14-,15-,16-,17+,18-,19-/m0/s1. The first kappa shape index (κ1) is 18.6. The van der Waals surface area contributed by atoms with Crippen molar-refractivity contribution in [2.75, 3.05) is 0 Å². The van der Waals surface area contributed by atoms with Crippen LogP contribution < -0.4 is 0 Å². The van der Waals surface area contributed by atoms with E-state index < -0.39 is 28.0 Å². The Kier molecular flexibility index (Phi) is 4.20. The van der Waals surface area contributed by atoms with Crippen molar-refractivity contribution in [3.8, 4) is 0 Å². The number of carbonyl (C=O) groups excluding carboxylic acids is 1. The number of fused-ring (bicyclic) bond motifs is 5. The van der Waals surface area contributed by atoms with E-state index in [9.17, 15) is 22.9 Å². The van der Waals surface area contributed by atoms with Gasteiger partial charge in [-0.25, -0.2) is 4.18 Å². The molecule has 3 fully saturated rings. The number of hydrogen-bond acceptors (Lipinski definition) is 5. The number of aliphatic hydroxyl groups is 1. The Bertz CT molecular complexity index is 758. The van der Waals surface area contributed by atoms with Gasteiger partial charge in [-0.05, 0) is 73.2 Å². The topological polar surface area (TPSA) is 101 Å². The van der Waals surface area contributed by atoms with Crippen molar-refractivity contribution < 1.29 is 27.1 Å². The molecule has 4 aliphatic carbocycles. The van der Waals surface area contributed by atoms with Gasteiger partial charge in [0.25, 0.3) is 0 Å². The van der Waals surface area contributed by atoms with Crippen molar-refractivity contribution in [1.29, 1.82) is 0 Å². The van der Waals surface area contributed by atoms with Crippen molar-refractivity contribution in [2.45, 2.75) is 71.0 Å². The number of hydrogen-bond donors (Lipinski definition) is 2. The molecule has 0 aromatic carbocycles. The third kappa shape index (κ3) is 2.70. The summed E-state index contributed by atoms with van der Waals surface area (Å²) in [6.07, 6.45) is 5.54. The van der Waals surface area contributed by atoms with Gasteiger partial charge in [-0.2, -0.15) is 8.42 Å². The highest BCUT2D eigenvalue weighted by atomic mass is 32.3. The molecule has 26 heavy (non-hydrogen) atoms. The summed E-state index contributed by atoms with van der Waals surface area (Å²) in [7, 11) is -4.59. The minimum Gasteiger partial charge on any atom is -0.393 e. The highest BCUT2D eigenvalue weighted by molar-refractivity contribution is 7.80. The molecule has 4 aliphatic rings.